The number of likely N-dealkylation sites (tertiary alicyclic amines) is 1. The monoisotopic (exact) mass is 870 g/mol. The number of ether oxygens (including phenoxy) is 5. The van der Waals surface area contributed by atoms with Gasteiger partial charge in [0.05, 0.1) is 56.8 Å². The van der Waals surface area contributed by atoms with E-state index in [1.807, 2.05) is 44.7 Å². The van der Waals surface area contributed by atoms with Gasteiger partial charge in [0.1, 0.15) is 18.0 Å². The van der Waals surface area contributed by atoms with Crippen molar-refractivity contribution < 1.29 is 38.1 Å². The quantitative estimate of drug-likeness (QED) is 0.0735. The Balaban J connectivity index is 0.878. The van der Waals surface area contributed by atoms with E-state index in [1.165, 1.54) is 0 Å². The number of hydrogen-bond donors (Lipinski definition) is 6. The van der Waals surface area contributed by atoms with Gasteiger partial charge in [0, 0.05) is 80.4 Å². The molecule has 0 aliphatic carbocycles. The van der Waals surface area contributed by atoms with Crippen molar-refractivity contribution in [1.82, 2.24) is 36.1 Å². The van der Waals surface area contributed by atoms with E-state index in [9.17, 15) is 14.4 Å². The third-order valence-electron chi connectivity index (χ3n) is 10.9. The van der Waals surface area contributed by atoms with Crippen molar-refractivity contribution in [2.24, 2.45) is 5.73 Å². The highest BCUT2D eigenvalue weighted by atomic mass is 32.2. The SMILES string of the molecule is COc1cc2c(NC3CCCN(C(=O)OC(C)(C)C)C3)nc(N3CCCC3)nc2cc1OC/C(N)=C/NCCOCCOCCNC(=O)CCCC[C@@H]1SC[C@@H]2NC(=O)N[C@@H]21. The summed E-state index contributed by atoms with van der Waals surface area (Å²) < 4.78 is 28.8. The Hall–Kier alpha value is -4.62. The van der Waals surface area contributed by atoms with Crippen LogP contribution in [-0.4, -0.2) is 147 Å². The van der Waals surface area contributed by atoms with Gasteiger partial charge in [-0.2, -0.15) is 16.7 Å². The highest BCUT2D eigenvalue weighted by Gasteiger charge is 2.42. The predicted molar refractivity (Wildman–Crippen MR) is 236 cm³/mol. The van der Waals surface area contributed by atoms with E-state index in [1.54, 1.807) is 18.2 Å². The highest BCUT2D eigenvalue weighted by Crippen LogP contribution is 2.37. The molecule has 1 aromatic carbocycles. The molecule has 19 heteroatoms. The van der Waals surface area contributed by atoms with Crippen LogP contribution in [0.5, 0.6) is 11.5 Å². The first kappa shape index (κ1) is 45.9. The fraction of sp³-hybridized carbons (Fsp3) is 0.690. The Labute approximate surface area is 363 Å². The van der Waals surface area contributed by atoms with Crippen LogP contribution in [0.15, 0.2) is 24.0 Å². The third kappa shape index (κ3) is 13.9. The number of unbranched alkanes of at least 4 members (excludes halogenated alkanes) is 1. The summed E-state index contributed by atoms with van der Waals surface area (Å²) in [6, 6.07) is 4.10. The number of carbonyl (C=O) groups is 3. The lowest BCUT2D eigenvalue weighted by atomic mass is 10.0. The van der Waals surface area contributed by atoms with Crippen LogP contribution in [0.3, 0.4) is 0 Å². The van der Waals surface area contributed by atoms with Crippen LogP contribution in [-0.2, 0) is 19.0 Å². The topological polar surface area (TPSA) is 216 Å². The molecule has 7 N–H and O–H groups in total. The summed E-state index contributed by atoms with van der Waals surface area (Å²) in [7, 11) is 1.59. The number of benzene rings is 1. The Bertz CT molecular complexity index is 1810. The molecule has 4 fully saturated rings. The second-order valence-electron chi connectivity index (χ2n) is 16.9. The molecule has 1 aromatic heterocycles. The summed E-state index contributed by atoms with van der Waals surface area (Å²) in [6.45, 7) is 11.4. The van der Waals surface area contributed by atoms with Crippen molar-refractivity contribution in [1.29, 1.82) is 0 Å². The molecule has 61 heavy (non-hydrogen) atoms. The number of amides is 4. The summed E-state index contributed by atoms with van der Waals surface area (Å²) >= 11 is 1.90. The average molecular weight is 871 g/mol. The number of anilines is 2. The van der Waals surface area contributed by atoms with E-state index in [0.717, 1.165) is 69.2 Å². The van der Waals surface area contributed by atoms with Crippen LogP contribution < -0.4 is 46.7 Å². The van der Waals surface area contributed by atoms with Crippen molar-refractivity contribution in [3.05, 3.63) is 24.0 Å². The van der Waals surface area contributed by atoms with Gasteiger partial charge in [-0.1, -0.05) is 6.42 Å². The summed E-state index contributed by atoms with van der Waals surface area (Å²) in [4.78, 5) is 50.5. The average Bonchev–Trinajstić information content (AvgIpc) is 3.99. The maximum absolute atomic E-state index is 12.9. The molecule has 0 radical (unpaired) electrons. The molecule has 4 saturated heterocycles. The van der Waals surface area contributed by atoms with Crippen molar-refractivity contribution in [3.63, 3.8) is 0 Å². The van der Waals surface area contributed by atoms with Crippen LogP contribution in [0.25, 0.3) is 10.9 Å². The molecule has 4 amide bonds. The largest absolute Gasteiger partial charge is 0.493 e. The lowest BCUT2D eigenvalue weighted by Gasteiger charge is -2.34. The standard InChI is InChI=1S/C42H66N10O8S/c1-42(2,3)60-41(55)52-17-9-10-29(25-52)46-38-30-22-33(56-4)34(23-31(30)47-39(50-38)51-15-7-8-16-51)59-26-28(43)24-44-13-18-57-20-21-58-19-14-45-36(53)12-6-5-11-35-37-32(27-61-35)48-40(54)49-37/h22-24,29,32,35,37,44H,5-21,25-27,43H2,1-4H3,(H,45,53)(H,46,47,50)(H2,48,49,54)/b28-24-/t29?,32-,35-,37-/m0/s1. The van der Waals surface area contributed by atoms with Gasteiger partial charge >= 0.3 is 12.1 Å². The molecular formula is C42H66N10O8S. The number of rotatable bonds is 22. The minimum atomic E-state index is -0.563. The maximum Gasteiger partial charge on any atom is 0.410 e. The molecule has 4 aliphatic heterocycles. The van der Waals surface area contributed by atoms with Crippen LogP contribution in [0.2, 0.25) is 0 Å². The summed E-state index contributed by atoms with van der Waals surface area (Å²) in [5.41, 5.74) is 6.92. The van der Waals surface area contributed by atoms with E-state index in [-0.39, 0.29) is 42.8 Å². The number of hydrogen-bond acceptors (Lipinski definition) is 15. The Kier molecular flexibility index (Phi) is 16.9. The molecule has 0 saturated carbocycles. The van der Waals surface area contributed by atoms with Gasteiger partial charge in [0.15, 0.2) is 11.5 Å². The van der Waals surface area contributed by atoms with Crippen LogP contribution in [0, 0.1) is 0 Å². The Morgan fingerprint density at radius 1 is 1.00 bits per heavy atom. The predicted octanol–water partition coefficient (Wildman–Crippen LogP) is 3.69. The van der Waals surface area contributed by atoms with E-state index in [2.05, 4.69) is 31.5 Å². The minimum Gasteiger partial charge on any atom is -0.493 e. The number of nitrogens with two attached hydrogens (primary N) is 1. The summed E-state index contributed by atoms with van der Waals surface area (Å²) in [5.74, 6) is 3.35. The molecule has 6 rings (SSSR count). The second kappa shape index (κ2) is 22.5. The lowest BCUT2D eigenvalue weighted by Crippen LogP contribution is -2.47. The zero-order valence-corrected chi connectivity index (χ0v) is 37.0. The first-order valence-corrected chi connectivity index (χ1v) is 22.8. The first-order valence-electron chi connectivity index (χ1n) is 21.8. The molecule has 2 aromatic rings. The number of thioether (sulfide) groups is 1. The number of aromatic nitrogens is 2. The molecule has 4 aliphatic rings. The smallest absolute Gasteiger partial charge is 0.410 e. The number of nitrogens with one attached hydrogen (secondary N) is 5. The third-order valence-corrected chi connectivity index (χ3v) is 12.4. The Morgan fingerprint density at radius 3 is 2.56 bits per heavy atom. The van der Waals surface area contributed by atoms with E-state index in [0.29, 0.717) is 98.8 Å². The summed E-state index contributed by atoms with van der Waals surface area (Å²) in [5, 5.41) is 16.9. The highest BCUT2D eigenvalue weighted by molar-refractivity contribution is 8.00. The van der Waals surface area contributed by atoms with E-state index >= 15 is 0 Å². The van der Waals surface area contributed by atoms with Gasteiger partial charge in [-0.15, -0.1) is 0 Å². The van der Waals surface area contributed by atoms with Gasteiger partial charge in [0.25, 0.3) is 0 Å². The van der Waals surface area contributed by atoms with Crippen molar-refractivity contribution >= 4 is 52.5 Å². The molecule has 1 unspecified atom stereocenters. The molecular weight excluding hydrogens is 805 g/mol. The van der Waals surface area contributed by atoms with Gasteiger partial charge < -0.3 is 65.8 Å². The second-order valence-corrected chi connectivity index (χ2v) is 18.2. The normalized spacial score (nSPS) is 21.5. The molecule has 0 bridgehead atoms. The minimum absolute atomic E-state index is 0.0189. The number of fused-ring (bicyclic) bond motifs is 2. The van der Waals surface area contributed by atoms with Crippen LogP contribution >= 0.6 is 11.8 Å². The zero-order valence-electron chi connectivity index (χ0n) is 36.2. The van der Waals surface area contributed by atoms with Crippen LogP contribution in [0.4, 0.5) is 21.4 Å². The van der Waals surface area contributed by atoms with Crippen LogP contribution in [0.1, 0.15) is 72.1 Å². The van der Waals surface area contributed by atoms with Gasteiger partial charge in [-0.25, -0.2) is 14.6 Å². The lowest BCUT2D eigenvalue weighted by molar-refractivity contribution is -0.121. The van der Waals surface area contributed by atoms with Gasteiger partial charge in [0.2, 0.25) is 11.9 Å². The number of nitrogens with zero attached hydrogens (tertiary/aromatic N) is 4. The van der Waals surface area contributed by atoms with E-state index < -0.39 is 5.60 Å². The fourth-order valence-electron chi connectivity index (χ4n) is 7.83. The number of urea groups is 1. The fourth-order valence-corrected chi connectivity index (χ4v) is 9.37. The zero-order chi connectivity index (χ0) is 43.2. The molecule has 4 atom stereocenters. The molecule has 0 spiro atoms. The van der Waals surface area contributed by atoms with Gasteiger partial charge in [-0.05, 0) is 65.4 Å². The van der Waals surface area contributed by atoms with Gasteiger partial charge in [-0.3, -0.25) is 4.79 Å². The van der Waals surface area contributed by atoms with E-state index in [4.69, 9.17) is 39.4 Å². The number of methoxy groups -OCH3 is 1. The first-order chi connectivity index (χ1) is 29.5. The molecule has 18 nitrogen and oxygen atoms in total. The maximum atomic E-state index is 12.9. The molecule has 338 valence electrons. The molecule has 5 heterocycles. The Morgan fingerprint density at radius 2 is 1.79 bits per heavy atom. The van der Waals surface area contributed by atoms with Crippen molar-refractivity contribution in [3.8, 4) is 11.5 Å². The van der Waals surface area contributed by atoms with Crippen molar-refractivity contribution in [2.45, 2.75) is 101 Å². The number of carbonyl (C=O) groups excluding carboxylic acids is 3. The summed E-state index contributed by atoms with van der Waals surface area (Å²) in [6.07, 6.45) is 8.58. The van der Waals surface area contributed by atoms with Crippen molar-refractivity contribution in [2.75, 3.05) is 95.4 Å². The number of piperidine rings is 1.